The van der Waals surface area contributed by atoms with E-state index < -0.39 is 11.0 Å². The number of anilines is 1. The van der Waals surface area contributed by atoms with E-state index in [4.69, 9.17) is 10.2 Å². The van der Waals surface area contributed by atoms with Gasteiger partial charge in [0.15, 0.2) is 0 Å². The second-order valence-corrected chi connectivity index (χ2v) is 11.1. The van der Waals surface area contributed by atoms with Gasteiger partial charge < -0.3 is 4.90 Å². The highest BCUT2D eigenvalue weighted by Gasteiger charge is 2.70. The quantitative estimate of drug-likeness (QED) is 0.252. The topological polar surface area (TPSA) is 29.0 Å². The number of rotatable bonds is 1. The van der Waals surface area contributed by atoms with Crippen LogP contribution in [0.15, 0.2) is 97.1 Å². The lowest BCUT2D eigenvalue weighted by Crippen LogP contribution is -2.59. The molecule has 3 heteroatoms. The first-order valence-corrected chi connectivity index (χ1v) is 13.6. The summed E-state index contributed by atoms with van der Waals surface area (Å²) in [5, 5.41) is 9.50. The van der Waals surface area contributed by atoms with Gasteiger partial charge in [0.05, 0.1) is 22.5 Å². The second-order valence-electron chi connectivity index (χ2n) is 11.1. The number of hydrogen-bond acceptors (Lipinski definition) is 3. The third-order valence-corrected chi connectivity index (χ3v) is 9.32. The van der Waals surface area contributed by atoms with Crippen LogP contribution in [0, 0.1) is 20.8 Å². The summed E-state index contributed by atoms with van der Waals surface area (Å²) in [6.07, 6.45) is 1.00. The standard InChI is InChI=1S/C35H29N3/c1-22-16-18-26(19-17-22)35-29-13-7-4-10-25(29)20-21-38(35)33-24(3)37-36-23(2)32(33)34(35)30-14-8-5-11-27(30)28-12-6-9-15-31(28)34/h4-19H,20-21H2,1-3H3. The van der Waals surface area contributed by atoms with Crippen molar-refractivity contribution in [2.75, 3.05) is 11.4 Å². The Bertz CT molecular complexity index is 1720. The molecule has 0 N–H and O–H groups in total. The lowest BCUT2D eigenvalue weighted by Gasteiger charge is -2.54. The van der Waals surface area contributed by atoms with Gasteiger partial charge in [0, 0.05) is 12.1 Å². The van der Waals surface area contributed by atoms with Crippen LogP contribution in [0.5, 0.6) is 0 Å². The zero-order chi connectivity index (χ0) is 25.6. The molecule has 1 aromatic heterocycles. The highest BCUT2D eigenvalue weighted by atomic mass is 15.3. The maximum absolute atomic E-state index is 4.79. The summed E-state index contributed by atoms with van der Waals surface area (Å²) in [5.41, 5.74) is 14.4. The average molecular weight is 492 g/mol. The molecule has 38 heavy (non-hydrogen) atoms. The molecule has 8 rings (SSSR count). The number of fused-ring (bicyclic) bond motifs is 12. The molecule has 2 aliphatic heterocycles. The predicted molar refractivity (Wildman–Crippen MR) is 153 cm³/mol. The minimum atomic E-state index is -0.485. The third-order valence-electron chi connectivity index (χ3n) is 9.32. The minimum Gasteiger partial charge on any atom is -0.354 e. The van der Waals surface area contributed by atoms with E-state index >= 15 is 0 Å². The van der Waals surface area contributed by atoms with Crippen molar-refractivity contribution in [3.8, 4) is 11.1 Å². The summed E-state index contributed by atoms with van der Waals surface area (Å²) in [6, 6.07) is 36.5. The molecule has 0 saturated heterocycles. The molecule has 0 bridgehead atoms. The number of hydrogen-bond donors (Lipinski definition) is 0. The first kappa shape index (κ1) is 21.8. The van der Waals surface area contributed by atoms with E-state index in [9.17, 15) is 0 Å². The maximum Gasteiger partial charge on any atom is 0.109 e. The van der Waals surface area contributed by atoms with Gasteiger partial charge >= 0.3 is 0 Å². The van der Waals surface area contributed by atoms with E-state index in [0.717, 1.165) is 24.4 Å². The van der Waals surface area contributed by atoms with Crippen LogP contribution in [-0.4, -0.2) is 16.7 Å². The van der Waals surface area contributed by atoms with Crippen LogP contribution < -0.4 is 4.90 Å². The molecule has 1 atom stereocenters. The van der Waals surface area contributed by atoms with E-state index in [1.54, 1.807) is 0 Å². The van der Waals surface area contributed by atoms with Crippen molar-refractivity contribution in [3.05, 3.63) is 147 Å². The average Bonchev–Trinajstić information content (AvgIpc) is 3.42. The molecule has 0 amide bonds. The van der Waals surface area contributed by atoms with Crippen LogP contribution in [0.25, 0.3) is 11.1 Å². The summed E-state index contributed by atoms with van der Waals surface area (Å²) >= 11 is 0. The monoisotopic (exact) mass is 491 g/mol. The van der Waals surface area contributed by atoms with Crippen molar-refractivity contribution >= 4 is 5.69 Å². The van der Waals surface area contributed by atoms with Crippen molar-refractivity contribution in [1.82, 2.24) is 10.2 Å². The number of nitrogens with zero attached hydrogens (tertiary/aromatic N) is 3. The zero-order valence-electron chi connectivity index (χ0n) is 22.0. The zero-order valence-corrected chi connectivity index (χ0v) is 22.0. The van der Waals surface area contributed by atoms with Gasteiger partial charge in [0.2, 0.25) is 0 Å². The third kappa shape index (κ3) is 2.32. The fourth-order valence-electron chi connectivity index (χ4n) is 8.10. The van der Waals surface area contributed by atoms with Gasteiger partial charge in [-0.3, -0.25) is 0 Å². The van der Waals surface area contributed by atoms with Crippen molar-refractivity contribution < 1.29 is 0 Å². The largest absolute Gasteiger partial charge is 0.354 e. The highest BCUT2D eigenvalue weighted by molar-refractivity contribution is 5.92. The lowest BCUT2D eigenvalue weighted by molar-refractivity contribution is 0.358. The Morgan fingerprint density at radius 1 is 0.632 bits per heavy atom. The van der Waals surface area contributed by atoms with E-state index in [1.807, 2.05) is 0 Å². The van der Waals surface area contributed by atoms with Gasteiger partial charge in [0.1, 0.15) is 5.54 Å². The summed E-state index contributed by atoms with van der Waals surface area (Å²) in [6.45, 7) is 7.40. The molecule has 0 radical (unpaired) electrons. The molecular weight excluding hydrogens is 462 g/mol. The summed E-state index contributed by atoms with van der Waals surface area (Å²) in [4.78, 5) is 2.70. The fraction of sp³-hybridized carbons (Fsp3) is 0.200. The number of aryl methyl sites for hydroxylation is 3. The smallest absolute Gasteiger partial charge is 0.109 e. The summed E-state index contributed by atoms with van der Waals surface area (Å²) in [7, 11) is 0. The van der Waals surface area contributed by atoms with Gasteiger partial charge in [-0.1, -0.05) is 103 Å². The molecule has 1 unspecified atom stereocenters. The predicted octanol–water partition coefficient (Wildman–Crippen LogP) is 7.04. The van der Waals surface area contributed by atoms with Gasteiger partial charge in [-0.25, -0.2) is 0 Å². The molecular formula is C35H29N3. The molecule has 3 aliphatic rings. The number of aromatic nitrogens is 2. The van der Waals surface area contributed by atoms with E-state index in [0.29, 0.717) is 0 Å². The van der Waals surface area contributed by atoms with Crippen LogP contribution in [-0.2, 0) is 17.4 Å². The van der Waals surface area contributed by atoms with Gasteiger partial charge in [-0.05, 0) is 66.1 Å². The molecule has 3 nitrogen and oxygen atoms in total. The van der Waals surface area contributed by atoms with Crippen LogP contribution in [0.2, 0.25) is 0 Å². The molecule has 0 fully saturated rings. The Balaban J connectivity index is 1.68. The second kappa shape index (κ2) is 7.41. The van der Waals surface area contributed by atoms with Gasteiger partial charge in [-0.15, -0.1) is 0 Å². The maximum atomic E-state index is 4.79. The minimum absolute atomic E-state index is 0.480. The first-order chi connectivity index (χ1) is 18.6. The van der Waals surface area contributed by atoms with Crippen LogP contribution in [0.3, 0.4) is 0 Å². The summed E-state index contributed by atoms with van der Waals surface area (Å²) in [5.74, 6) is 0. The Kier molecular flexibility index (Phi) is 4.26. The van der Waals surface area contributed by atoms with Crippen molar-refractivity contribution in [2.24, 2.45) is 0 Å². The van der Waals surface area contributed by atoms with Crippen molar-refractivity contribution in [2.45, 2.75) is 38.1 Å². The molecule has 184 valence electrons. The van der Waals surface area contributed by atoms with E-state index in [1.165, 1.54) is 55.8 Å². The summed E-state index contributed by atoms with van der Waals surface area (Å²) < 4.78 is 0. The Morgan fingerprint density at radius 2 is 1.21 bits per heavy atom. The molecule has 1 aliphatic carbocycles. The van der Waals surface area contributed by atoms with Gasteiger partial charge in [-0.2, -0.15) is 10.2 Å². The highest BCUT2D eigenvalue weighted by Crippen LogP contribution is 2.71. The van der Waals surface area contributed by atoms with Crippen molar-refractivity contribution in [3.63, 3.8) is 0 Å². The Labute approximate surface area is 223 Å². The van der Waals surface area contributed by atoms with Crippen LogP contribution in [0.4, 0.5) is 5.69 Å². The number of benzene rings is 4. The van der Waals surface area contributed by atoms with Crippen LogP contribution in [0.1, 0.15) is 50.3 Å². The van der Waals surface area contributed by atoms with Gasteiger partial charge in [0.25, 0.3) is 0 Å². The Morgan fingerprint density at radius 3 is 1.89 bits per heavy atom. The SMILES string of the molecule is Cc1ccc(C23c4ccccc4CCN2c2c(C)nnc(C)c2C32c3ccccc3-c3ccccc32)cc1. The molecule has 4 aromatic carbocycles. The lowest BCUT2D eigenvalue weighted by atomic mass is 9.55. The molecule has 1 spiro atoms. The first-order valence-electron chi connectivity index (χ1n) is 13.6. The molecule has 0 saturated carbocycles. The van der Waals surface area contributed by atoms with E-state index in [-0.39, 0.29) is 0 Å². The molecule has 3 heterocycles. The molecule has 5 aromatic rings. The normalized spacial score (nSPS) is 19.5. The van der Waals surface area contributed by atoms with E-state index in [2.05, 4.69) is 123 Å². The Hall–Kier alpha value is -4.24. The van der Waals surface area contributed by atoms with Crippen molar-refractivity contribution in [1.29, 1.82) is 0 Å². The fourth-order valence-corrected chi connectivity index (χ4v) is 8.10. The van der Waals surface area contributed by atoms with Crippen LogP contribution >= 0.6 is 0 Å².